The molecule has 0 aromatic carbocycles. The van der Waals surface area contributed by atoms with Gasteiger partial charge in [-0.25, -0.2) is 0 Å². The molecule has 1 saturated heterocycles. The molecule has 0 aromatic heterocycles. The Hall–Kier alpha value is -1.10. The molecular formula is C15H29N3O2. The topological polar surface area (TPSA) is 61.4 Å². The minimum Gasteiger partial charge on any atom is -0.358 e. The van der Waals surface area contributed by atoms with E-state index in [1.165, 1.54) is 0 Å². The molecule has 5 heteroatoms. The maximum atomic E-state index is 13.0. The average Bonchev–Trinajstić information content (AvgIpc) is 2.47. The molecule has 2 amide bonds. The van der Waals surface area contributed by atoms with Crippen molar-refractivity contribution in [2.75, 3.05) is 33.2 Å². The highest BCUT2D eigenvalue weighted by atomic mass is 16.2. The van der Waals surface area contributed by atoms with Crippen LogP contribution in [0.3, 0.4) is 0 Å². The Morgan fingerprint density at radius 2 is 1.85 bits per heavy atom. The molecular weight excluding hydrogens is 254 g/mol. The zero-order valence-corrected chi connectivity index (χ0v) is 13.1. The van der Waals surface area contributed by atoms with Gasteiger partial charge in [0.05, 0.1) is 12.0 Å². The van der Waals surface area contributed by atoms with Crippen LogP contribution in [-0.2, 0) is 9.59 Å². The first-order valence-corrected chi connectivity index (χ1v) is 7.80. The molecule has 1 heterocycles. The van der Waals surface area contributed by atoms with E-state index in [0.717, 1.165) is 45.2 Å². The highest BCUT2D eigenvalue weighted by molar-refractivity contribution is 5.88. The third kappa shape index (κ3) is 4.20. The van der Waals surface area contributed by atoms with Gasteiger partial charge in [-0.05, 0) is 38.8 Å². The summed E-state index contributed by atoms with van der Waals surface area (Å²) in [5, 5.41) is 5.94. The van der Waals surface area contributed by atoms with Crippen LogP contribution in [0.5, 0.6) is 0 Å². The van der Waals surface area contributed by atoms with Gasteiger partial charge >= 0.3 is 0 Å². The van der Waals surface area contributed by atoms with Crippen molar-refractivity contribution in [3.63, 3.8) is 0 Å². The van der Waals surface area contributed by atoms with Gasteiger partial charge in [-0.1, -0.05) is 20.3 Å². The average molecular weight is 283 g/mol. The van der Waals surface area contributed by atoms with Gasteiger partial charge in [-0.2, -0.15) is 0 Å². The predicted octanol–water partition coefficient (Wildman–Crippen LogP) is 1.14. The molecule has 116 valence electrons. The van der Waals surface area contributed by atoms with E-state index in [4.69, 9.17) is 0 Å². The van der Waals surface area contributed by atoms with E-state index >= 15 is 0 Å². The number of carbonyl (C=O) groups is 2. The summed E-state index contributed by atoms with van der Waals surface area (Å²) in [5.74, 6) is 0.0821. The Morgan fingerprint density at radius 3 is 2.35 bits per heavy atom. The fourth-order valence-electron chi connectivity index (χ4n) is 3.06. The van der Waals surface area contributed by atoms with Crippen LogP contribution in [0.25, 0.3) is 0 Å². The van der Waals surface area contributed by atoms with Gasteiger partial charge in [0, 0.05) is 13.6 Å². The molecule has 0 aromatic rings. The second-order valence-corrected chi connectivity index (χ2v) is 5.68. The Balaban J connectivity index is 2.85. The first-order valence-electron chi connectivity index (χ1n) is 7.80. The van der Waals surface area contributed by atoms with Gasteiger partial charge in [-0.3, -0.25) is 9.59 Å². The summed E-state index contributed by atoms with van der Waals surface area (Å²) >= 11 is 0. The van der Waals surface area contributed by atoms with Gasteiger partial charge in [0.15, 0.2) is 0 Å². The summed E-state index contributed by atoms with van der Waals surface area (Å²) < 4.78 is 0. The van der Waals surface area contributed by atoms with Crippen LogP contribution in [0.2, 0.25) is 0 Å². The fraction of sp³-hybridized carbons (Fsp3) is 0.867. The predicted molar refractivity (Wildman–Crippen MR) is 80.4 cm³/mol. The van der Waals surface area contributed by atoms with Crippen molar-refractivity contribution in [2.24, 2.45) is 5.41 Å². The van der Waals surface area contributed by atoms with Crippen molar-refractivity contribution in [1.29, 1.82) is 0 Å². The summed E-state index contributed by atoms with van der Waals surface area (Å²) in [7, 11) is 1.61. The van der Waals surface area contributed by atoms with Crippen LogP contribution < -0.4 is 10.6 Å². The van der Waals surface area contributed by atoms with E-state index in [9.17, 15) is 9.59 Å². The fourth-order valence-corrected chi connectivity index (χ4v) is 3.06. The Kier molecular flexibility index (Phi) is 6.99. The van der Waals surface area contributed by atoms with Crippen LogP contribution in [-0.4, -0.2) is 49.9 Å². The smallest absolute Gasteiger partial charge is 0.239 e. The standard InChI is InChI=1S/C15H29N3O2/c1-4-6-15(7-9-17-10-8-15)14(20)18(11-5-2)12-13(19)16-3/h17H,4-12H2,1-3H3,(H,16,19). The number of rotatable bonds is 7. The van der Waals surface area contributed by atoms with Crippen LogP contribution in [0.1, 0.15) is 46.0 Å². The number of nitrogens with one attached hydrogen (secondary N) is 2. The molecule has 0 radical (unpaired) electrons. The van der Waals surface area contributed by atoms with E-state index < -0.39 is 0 Å². The van der Waals surface area contributed by atoms with Crippen molar-refractivity contribution in [1.82, 2.24) is 15.5 Å². The zero-order chi connectivity index (χ0) is 15.0. The third-order valence-corrected chi connectivity index (χ3v) is 4.14. The molecule has 5 nitrogen and oxygen atoms in total. The van der Waals surface area contributed by atoms with E-state index in [1.807, 2.05) is 6.92 Å². The second-order valence-electron chi connectivity index (χ2n) is 5.68. The van der Waals surface area contributed by atoms with Gasteiger partial charge in [0.2, 0.25) is 11.8 Å². The highest BCUT2D eigenvalue weighted by Gasteiger charge is 2.41. The first kappa shape index (κ1) is 17.0. The van der Waals surface area contributed by atoms with Crippen molar-refractivity contribution in [2.45, 2.75) is 46.0 Å². The molecule has 20 heavy (non-hydrogen) atoms. The van der Waals surface area contributed by atoms with Crippen molar-refractivity contribution in [3.8, 4) is 0 Å². The SMILES string of the molecule is CCCN(CC(=O)NC)C(=O)C1(CCC)CCNCC1. The highest BCUT2D eigenvalue weighted by Crippen LogP contribution is 2.36. The molecule has 0 bridgehead atoms. The second kappa shape index (κ2) is 8.25. The van der Waals surface area contributed by atoms with E-state index in [2.05, 4.69) is 17.6 Å². The summed E-state index contributed by atoms with van der Waals surface area (Å²) in [5.41, 5.74) is -0.261. The van der Waals surface area contributed by atoms with Crippen molar-refractivity contribution in [3.05, 3.63) is 0 Å². The number of hydrogen-bond acceptors (Lipinski definition) is 3. The number of piperidine rings is 1. The minimum atomic E-state index is -0.261. The lowest BCUT2D eigenvalue weighted by Gasteiger charge is -2.40. The van der Waals surface area contributed by atoms with E-state index in [0.29, 0.717) is 6.54 Å². The maximum Gasteiger partial charge on any atom is 0.239 e. The van der Waals surface area contributed by atoms with Gasteiger partial charge < -0.3 is 15.5 Å². The number of likely N-dealkylation sites (N-methyl/N-ethyl adjacent to an activating group) is 1. The minimum absolute atomic E-state index is 0.0904. The number of carbonyl (C=O) groups excluding carboxylic acids is 2. The molecule has 1 aliphatic heterocycles. The summed E-state index contributed by atoms with van der Waals surface area (Å²) in [6.45, 7) is 6.80. The number of hydrogen-bond donors (Lipinski definition) is 2. The Bertz CT molecular complexity index is 320. The van der Waals surface area contributed by atoms with Gasteiger partial charge in [0.25, 0.3) is 0 Å². The Morgan fingerprint density at radius 1 is 1.20 bits per heavy atom. The molecule has 0 saturated carbocycles. The molecule has 0 atom stereocenters. The normalized spacial score (nSPS) is 17.6. The molecule has 1 rings (SSSR count). The molecule has 2 N–H and O–H groups in total. The van der Waals surface area contributed by atoms with Crippen LogP contribution in [0, 0.1) is 5.41 Å². The summed E-state index contributed by atoms with van der Waals surface area (Å²) in [6, 6.07) is 0. The zero-order valence-electron chi connectivity index (χ0n) is 13.1. The lowest BCUT2D eigenvalue weighted by atomic mass is 9.74. The van der Waals surface area contributed by atoms with E-state index in [-0.39, 0.29) is 23.8 Å². The quantitative estimate of drug-likeness (QED) is 0.736. The van der Waals surface area contributed by atoms with Gasteiger partial charge in [-0.15, -0.1) is 0 Å². The number of nitrogens with zero attached hydrogens (tertiary/aromatic N) is 1. The third-order valence-electron chi connectivity index (χ3n) is 4.14. The van der Waals surface area contributed by atoms with Crippen molar-refractivity contribution >= 4 is 11.8 Å². The number of amides is 2. The van der Waals surface area contributed by atoms with E-state index in [1.54, 1.807) is 11.9 Å². The lowest BCUT2D eigenvalue weighted by molar-refractivity contribution is -0.147. The van der Waals surface area contributed by atoms with Crippen molar-refractivity contribution < 1.29 is 9.59 Å². The molecule has 1 fully saturated rings. The van der Waals surface area contributed by atoms with Gasteiger partial charge in [0.1, 0.15) is 0 Å². The molecule has 0 spiro atoms. The van der Waals surface area contributed by atoms with Crippen LogP contribution in [0.15, 0.2) is 0 Å². The van der Waals surface area contributed by atoms with Crippen LogP contribution in [0.4, 0.5) is 0 Å². The monoisotopic (exact) mass is 283 g/mol. The largest absolute Gasteiger partial charge is 0.358 e. The maximum absolute atomic E-state index is 13.0. The summed E-state index contributed by atoms with van der Waals surface area (Å²) in [6.07, 6.45) is 4.57. The first-order chi connectivity index (χ1) is 9.59. The lowest BCUT2D eigenvalue weighted by Crippen LogP contribution is -2.51. The molecule has 1 aliphatic rings. The van der Waals surface area contributed by atoms with Crippen LogP contribution >= 0.6 is 0 Å². The molecule has 0 aliphatic carbocycles. The molecule has 0 unspecified atom stereocenters. The summed E-state index contributed by atoms with van der Waals surface area (Å²) in [4.78, 5) is 26.3. The Labute approximate surface area is 122 Å².